The molecule has 0 aliphatic rings. The van der Waals surface area contributed by atoms with Gasteiger partial charge < -0.3 is 10.1 Å². The Morgan fingerprint density at radius 3 is 2.33 bits per heavy atom. The van der Waals surface area contributed by atoms with E-state index in [1.54, 1.807) is 0 Å². The van der Waals surface area contributed by atoms with Crippen LogP contribution in [0.1, 0.15) is 70.9 Å². The monoisotopic (exact) mass is 291 g/mol. The first-order valence-corrected chi connectivity index (χ1v) is 8.53. The van der Waals surface area contributed by atoms with Gasteiger partial charge in [-0.2, -0.15) is 0 Å². The third kappa shape index (κ3) is 5.35. The minimum absolute atomic E-state index is 0.245. The number of hydrogen-bond donors (Lipinski definition) is 1. The van der Waals surface area contributed by atoms with Crippen molar-refractivity contribution in [3.8, 4) is 5.75 Å². The van der Waals surface area contributed by atoms with Gasteiger partial charge in [-0.05, 0) is 55.5 Å². The number of likely N-dealkylation sites (N-methyl/N-ethyl adjacent to an activating group) is 1. The minimum atomic E-state index is 0.245. The van der Waals surface area contributed by atoms with Gasteiger partial charge in [-0.25, -0.2) is 0 Å². The van der Waals surface area contributed by atoms with Gasteiger partial charge in [0.15, 0.2) is 0 Å². The molecular formula is C19H33NO. The Morgan fingerprint density at radius 2 is 1.86 bits per heavy atom. The zero-order valence-corrected chi connectivity index (χ0v) is 14.7. The third-order valence-electron chi connectivity index (χ3n) is 4.07. The fraction of sp³-hybridized carbons (Fsp3) is 0.684. The lowest BCUT2D eigenvalue weighted by molar-refractivity contribution is 0.143. The standard InChI is InChI=1S/C19H33NO/c1-7-10-18(20-9-3)19(8-2)21-16-11-12-17(14(4)5)15(6)13-16/h11-14,18-20H,7-10H2,1-6H3. The summed E-state index contributed by atoms with van der Waals surface area (Å²) in [6.45, 7) is 14.3. The van der Waals surface area contributed by atoms with Gasteiger partial charge in [-0.1, -0.05) is 47.1 Å². The van der Waals surface area contributed by atoms with Crippen LogP contribution >= 0.6 is 0 Å². The maximum atomic E-state index is 6.28. The molecule has 0 aliphatic carbocycles. The van der Waals surface area contributed by atoms with Crippen LogP contribution in [-0.4, -0.2) is 18.7 Å². The fourth-order valence-electron chi connectivity index (χ4n) is 2.99. The Bertz CT molecular complexity index is 408. The molecule has 2 unspecified atom stereocenters. The highest BCUT2D eigenvalue weighted by Crippen LogP contribution is 2.25. The molecule has 0 spiro atoms. The van der Waals surface area contributed by atoms with E-state index in [1.807, 2.05) is 0 Å². The van der Waals surface area contributed by atoms with E-state index in [-0.39, 0.29) is 6.10 Å². The van der Waals surface area contributed by atoms with Gasteiger partial charge in [0.05, 0.1) is 0 Å². The molecular weight excluding hydrogens is 258 g/mol. The van der Waals surface area contributed by atoms with Crippen LogP contribution in [0.2, 0.25) is 0 Å². The molecule has 120 valence electrons. The maximum absolute atomic E-state index is 6.28. The van der Waals surface area contributed by atoms with Crippen molar-refractivity contribution < 1.29 is 4.74 Å². The molecule has 2 atom stereocenters. The second kappa shape index (κ2) is 9.09. The molecule has 0 aliphatic heterocycles. The second-order valence-corrected chi connectivity index (χ2v) is 6.19. The van der Waals surface area contributed by atoms with Crippen LogP contribution in [0, 0.1) is 6.92 Å². The summed E-state index contributed by atoms with van der Waals surface area (Å²) in [4.78, 5) is 0. The lowest BCUT2D eigenvalue weighted by Crippen LogP contribution is -2.42. The van der Waals surface area contributed by atoms with Gasteiger partial charge in [-0.15, -0.1) is 0 Å². The summed E-state index contributed by atoms with van der Waals surface area (Å²) in [6, 6.07) is 6.96. The molecule has 1 N–H and O–H groups in total. The predicted molar refractivity (Wildman–Crippen MR) is 92.3 cm³/mol. The van der Waals surface area contributed by atoms with Crippen molar-refractivity contribution in [2.45, 2.75) is 78.9 Å². The first kappa shape index (κ1) is 18.0. The van der Waals surface area contributed by atoms with Gasteiger partial charge >= 0.3 is 0 Å². The van der Waals surface area contributed by atoms with Crippen molar-refractivity contribution in [3.05, 3.63) is 29.3 Å². The Kier molecular flexibility index (Phi) is 7.81. The first-order chi connectivity index (χ1) is 10.0. The molecule has 0 radical (unpaired) electrons. The van der Waals surface area contributed by atoms with E-state index in [1.165, 1.54) is 17.5 Å². The van der Waals surface area contributed by atoms with E-state index >= 15 is 0 Å². The SMILES string of the molecule is CCCC(NCC)C(CC)Oc1ccc(C(C)C)c(C)c1. The number of rotatable bonds is 9. The minimum Gasteiger partial charge on any atom is -0.489 e. The number of nitrogens with one attached hydrogen (secondary N) is 1. The molecule has 2 heteroatoms. The Morgan fingerprint density at radius 1 is 1.14 bits per heavy atom. The van der Waals surface area contributed by atoms with Crippen molar-refractivity contribution in [2.24, 2.45) is 0 Å². The van der Waals surface area contributed by atoms with Crippen LogP contribution in [0.3, 0.4) is 0 Å². The third-order valence-corrected chi connectivity index (χ3v) is 4.07. The lowest BCUT2D eigenvalue weighted by Gasteiger charge is -2.28. The predicted octanol–water partition coefficient (Wildman–Crippen LogP) is 5.05. The Labute approximate surface area is 131 Å². The lowest BCUT2D eigenvalue weighted by atomic mass is 9.98. The van der Waals surface area contributed by atoms with Crippen LogP contribution in [0.25, 0.3) is 0 Å². The van der Waals surface area contributed by atoms with E-state index in [2.05, 4.69) is 65.1 Å². The van der Waals surface area contributed by atoms with Gasteiger partial charge in [0.25, 0.3) is 0 Å². The highest BCUT2D eigenvalue weighted by molar-refractivity contribution is 5.36. The van der Waals surface area contributed by atoms with E-state index < -0.39 is 0 Å². The topological polar surface area (TPSA) is 21.3 Å². The summed E-state index contributed by atoms with van der Waals surface area (Å²) in [5, 5.41) is 3.57. The molecule has 0 aromatic heterocycles. The highest BCUT2D eigenvalue weighted by Gasteiger charge is 2.20. The molecule has 1 aromatic rings. The maximum Gasteiger partial charge on any atom is 0.120 e. The summed E-state index contributed by atoms with van der Waals surface area (Å²) >= 11 is 0. The number of benzene rings is 1. The quantitative estimate of drug-likeness (QED) is 0.687. The average molecular weight is 291 g/mol. The van der Waals surface area contributed by atoms with Crippen LogP contribution in [0.15, 0.2) is 18.2 Å². The van der Waals surface area contributed by atoms with Crippen LogP contribution in [0.4, 0.5) is 0 Å². The van der Waals surface area contributed by atoms with Crippen molar-refractivity contribution in [1.82, 2.24) is 5.32 Å². The molecule has 2 nitrogen and oxygen atoms in total. The molecule has 0 saturated carbocycles. The smallest absolute Gasteiger partial charge is 0.120 e. The molecule has 0 saturated heterocycles. The van der Waals surface area contributed by atoms with Gasteiger partial charge in [-0.3, -0.25) is 0 Å². The summed E-state index contributed by atoms with van der Waals surface area (Å²) in [5.41, 5.74) is 2.74. The van der Waals surface area contributed by atoms with Gasteiger partial charge in [0.2, 0.25) is 0 Å². The summed E-state index contributed by atoms with van der Waals surface area (Å²) in [5.74, 6) is 1.57. The van der Waals surface area contributed by atoms with Gasteiger partial charge in [0.1, 0.15) is 11.9 Å². The fourth-order valence-corrected chi connectivity index (χ4v) is 2.99. The van der Waals surface area contributed by atoms with Gasteiger partial charge in [0, 0.05) is 6.04 Å². The van der Waals surface area contributed by atoms with Crippen molar-refractivity contribution in [2.75, 3.05) is 6.54 Å². The number of aryl methyl sites for hydroxylation is 1. The largest absolute Gasteiger partial charge is 0.489 e. The molecule has 21 heavy (non-hydrogen) atoms. The molecule has 1 aromatic carbocycles. The van der Waals surface area contributed by atoms with Crippen LogP contribution in [0.5, 0.6) is 5.75 Å². The van der Waals surface area contributed by atoms with E-state index in [9.17, 15) is 0 Å². The zero-order valence-electron chi connectivity index (χ0n) is 14.7. The highest BCUT2D eigenvalue weighted by atomic mass is 16.5. The summed E-state index contributed by atoms with van der Waals surface area (Å²) < 4.78 is 6.28. The van der Waals surface area contributed by atoms with Crippen LogP contribution < -0.4 is 10.1 Å². The Hall–Kier alpha value is -1.02. The molecule has 1 rings (SSSR count). The first-order valence-electron chi connectivity index (χ1n) is 8.53. The van der Waals surface area contributed by atoms with E-state index in [4.69, 9.17) is 4.74 Å². The summed E-state index contributed by atoms with van der Waals surface area (Å²) in [7, 11) is 0. The molecule has 0 amide bonds. The van der Waals surface area contributed by atoms with Crippen molar-refractivity contribution in [3.63, 3.8) is 0 Å². The number of ether oxygens (including phenoxy) is 1. The second-order valence-electron chi connectivity index (χ2n) is 6.19. The molecule has 0 heterocycles. The Balaban J connectivity index is 2.82. The van der Waals surface area contributed by atoms with Crippen molar-refractivity contribution in [1.29, 1.82) is 0 Å². The van der Waals surface area contributed by atoms with E-state index in [0.717, 1.165) is 25.1 Å². The molecule has 0 bridgehead atoms. The number of hydrogen-bond acceptors (Lipinski definition) is 2. The van der Waals surface area contributed by atoms with Crippen LogP contribution in [-0.2, 0) is 0 Å². The normalized spacial score (nSPS) is 14.2. The molecule has 0 fully saturated rings. The van der Waals surface area contributed by atoms with E-state index in [0.29, 0.717) is 12.0 Å². The van der Waals surface area contributed by atoms with Crippen molar-refractivity contribution >= 4 is 0 Å². The zero-order chi connectivity index (χ0) is 15.8. The average Bonchev–Trinajstić information content (AvgIpc) is 2.44. The summed E-state index contributed by atoms with van der Waals surface area (Å²) in [6.07, 6.45) is 3.62.